The summed E-state index contributed by atoms with van der Waals surface area (Å²) in [6.07, 6.45) is 8.05. The van der Waals surface area contributed by atoms with Crippen LogP contribution in [0.5, 0.6) is 0 Å². The summed E-state index contributed by atoms with van der Waals surface area (Å²) < 4.78 is 4.48. The first-order valence-electron chi connectivity index (χ1n) is 11.4. The maximum absolute atomic E-state index is 12.6. The Kier molecular flexibility index (Phi) is 6.48. The van der Waals surface area contributed by atoms with E-state index in [0.717, 1.165) is 17.8 Å². The molecular weight excluding hydrogens is 410 g/mol. The summed E-state index contributed by atoms with van der Waals surface area (Å²) in [5.41, 5.74) is 1.03. The Morgan fingerprint density at radius 2 is 1.47 bits per heavy atom. The minimum atomic E-state index is -0.535. The van der Waals surface area contributed by atoms with Crippen LogP contribution in [-0.2, 0) is 19.1 Å². The number of carbonyl (C=O) groups is 4. The summed E-state index contributed by atoms with van der Waals surface area (Å²) in [5.74, 6) is 1.08. The molecule has 8 nitrogen and oxygen atoms in total. The van der Waals surface area contributed by atoms with Crippen molar-refractivity contribution in [2.45, 2.75) is 44.9 Å². The van der Waals surface area contributed by atoms with Crippen molar-refractivity contribution >= 4 is 29.4 Å². The minimum absolute atomic E-state index is 0.0419. The van der Waals surface area contributed by atoms with Crippen molar-refractivity contribution in [3.8, 4) is 0 Å². The highest BCUT2D eigenvalue weighted by atomic mass is 16.5. The third-order valence-corrected chi connectivity index (χ3v) is 7.20. The lowest BCUT2D eigenvalue weighted by molar-refractivity contribution is -0.139. The summed E-state index contributed by atoms with van der Waals surface area (Å²) in [6.45, 7) is -0.288. The third-order valence-electron chi connectivity index (χ3n) is 7.20. The van der Waals surface area contributed by atoms with E-state index < -0.39 is 11.9 Å². The molecule has 4 fully saturated rings. The van der Waals surface area contributed by atoms with Crippen LogP contribution in [0.25, 0.3) is 0 Å². The zero-order valence-corrected chi connectivity index (χ0v) is 18.4. The predicted octanol–water partition coefficient (Wildman–Crippen LogP) is 2.25. The Morgan fingerprint density at radius 1 is 0.875 bits per heavy atom. The van der Waals surface area contributed by atoms with Crippen molar-refractivity contribution in [2.75, 3.05) is 25.5 Å². The Morgan fingerprint density at radius 3 is 2.03 bits per heavy atom. The molecule has 4 aliphatic carbocycles. The Bertz CT molecular complexity index is 860. The fraction of sp³-hybridized carbons (Fsp3) is 0.583. The number of hydrogen-bond donors (Lipinski definition) is 3. The van der Waals surface area contributed by atoms with Gasteiger partial charge in [0, 0.05) is 17.7 Å². The average molecular weight is 442 g/mol. The first-order valence-corrected chi connectivity index (χ1v) is 11.4. The standard InChI is InChI=1S/C24H31N3O5/c1-32-22(30)14-26-23(31)18-2-4-19(5-3-18)27-21(29)13-25-20(28)12-24-9-15-6-16(10-24)8-17(7-15)11-24/h2-5,15-17H,6-14H2,1H3,(H,25,28)(H,26,31)(H,27,29). The summed E-state index contributed by atoms with van der Waals surface area (Å²) >= 11 is 0. The van der Waals surface area contributed by atoms with Gasteiger partial charge in [-0.05, 0) is 86.0 Å². The molecule has 4 bridgehead atoms. The molecule has 0 unspecified atom stereocenters. The molecule has 0 heterocycles. The van der Waals surface area contributed by atoms with E-state index in [1.807, 2.05) is 0 Å². The Labute approximate surface area is 187 Å². The second-order valence-electron chi connectivity index (χ2n) is 9.76. The minimum Gasteiger partial charge on any atom is -0.468 e. The summed E-state index contributed by atoms with van der Waals surface area (Å²) in [5, 5.41) is 7.95. The highest BCUT2D eigenvalue weighted by Crippen LogP contribution is 2.61. The van der Waals surface area contributed by atoms with E-state index in [1.54, 1.807) is 24.3 Å². The van der Waals surface area contributed by atoms with Crippen LogP contribution >= 0.6 is 0 Å². The lowest BCUT2D eigenvalue weighted by Gasteiger charge is -2.56. The van der Waals surface area contributed by atoms with Gasteiger partial charge in [0.25, 0.3) is 5.91 Å². The second kappa shape index (κ2) is 9.30. The molecule has 0 radical (unpaired) electrons. The van der Waals surface area contributed by atoms with E-state index in [-0.39, 0.29) is 30.3 Å². The van der Waals surface area contributed by atoms with E-state index in [9.17, 15) is 19.2 Å². The lowest BCUT2D eigenvalue weighted by Crippen LogP contribution is -2.48. The van der Waals surface area contributed by atoms with Gasteiger partial charge in [-0.1, -0.05) is 0 Å². The average Bonchev–Trinajstić information content (AvgIpc) is 2.75. The Hall–Kier alpha value is -2.90. The van der Waals surface area contributed by atoms with Crippen LogP contribution in [0.1, 0.15) is 55.3 Å². The number of ether oxygens (including phenoxy) is 1. The number of anilines is 1. The van der Waals surface area contributed by atoms with Crippen LogP contribution < -0.4 is 16.0 Å². The van der Waals surface area contributed by atoms with Gasteiger partial charge in [0.15, 0.2) is 0 Å². The van der Waals surface area contributed by atoms with Gasteiger partial charge in [0.2, 0.25) is 11.8 Å². The third kappa shape index (κ3) is 5.29. The fourth-order valence-electron chi connectivity index (χ4n) is 6.33. The molecule has 3 N–H and O–H groups in total. The van der Waals surface area contributed by atoms with Crippen molar-refractivity contribution in [1.29, 1.82) is 0 Å². The smallest absolute Gasteiger partial charge is 0.325 e. The van der Waals surface area contributed by atoms with E-state index in [1.165, 1.54) is 45.6 Å². The SMILES string of the molecule is COC(=O)CNC(=O)c1ccc(NC(=O)CNC(=O)CC23CC4CC(CC(C4)C2)C3)cc1. The number of methoxy groups -OCH3 is 1. The number of rotatable bonds is 8. The van der Waals surface area contributed by atoms with Crippen molar-refractivity contribution in [3.63, 3.8) is 0 Å². The molecule has 5 rings (SSSR count). The quantitative estimate of drug-likeness (QED) is 0.536. The number of amides is 3. The molecule has 0 spiro atoms. The summed E-state index contributed by atoms with van der Waals surface area (Å²) in [7, 11) is 1.25. The molecule has 0 aromatic heterocycles. The van der Waals surface area contributed by atoms with Crippen LogP contribution in [0.3, 0.4) is 0 Å². The van der Waals surface area contributed by atoms with Gasteiger partial charge >= 0.3 is 5.97 Å². The van der Waals surface area contributed by atoms with Crippen LogP contribution in [0.2, 0.25) is 0 Å². The van der Waals surface area contributed by atoms with Crippen molar-refractivity contribution in [3.05, 3.63) is 29.8 Å². The zero-order valence-electron chi connectivity index (χ0n) is 18.4. The highest BCUT2D eigenvalue weighted by molar-refractivity contribution is 5.97. The highest BCUT2D eigenvalue weighted by Gasteiger charge is 2.51. The Balaban J connectivity index is 1.21. The van der Waals surface area contributed by atoms with E-state index >= 15 is 0 Å². The van der Waals surface area contributed by atoms with Crippen LogP contribution in [0.4, 0.5) is 5.69 Å². The fourth-order valence-corrected chi connectivity index (χ4v) is 6.33. The molecule has 4 saturated carbocycles. The molecule has 8 heteroatoms. The molecule has 172 valence electrons. The van der Waals surface area contributed by atoms with Crippen molar-refractivity contribution < 1.29 is 23.9 Å². The number of hydrogen-bond acceptors (Lipinski definition) is 5. The van der Waals surface area contributed by atoms with E-state index in [4.69, 9.17) is 0 Å². The van der Waals surface area contributed by atoms with Crippen molar-refractivity contribution in [2.24, 2.45) is 23.2 Å². The first-order chi connectivity index (χ1) is 15.3. The van der Waals surface area contributed by atoms with Crippen LogP contribution in [0.15, 0.2) is 24.3 Å². The maximum Gasteiger partial charge on any atom is 0.325 e. The monoisotopic (exact) mass is 441 g/mol. The molecule has 0 atom stereocenters. The zero-order chi connectivity index (χ0) is 22.7. The molecule has 4 aliphatic rings. The molecular formula is C24H31N3O5. The van der Waals surface area contributed by atoms with Gasteiger partial charge in [0.1, 0.15) is 6.54 Å². The lowest BCUT2D eigenvalue weighted by atomic mass is 9.49. The van der Waals surface area contributed by atoms with Crippen molar-refractivity contribution in [1.82, 2.24) is 10.6 Å². The normalized spacial score (nSPS) is 27.5. The first kappa shape index (κ1) is 22.3. The number of carbonyl (C=O) groups excluding carboxylic acids is 4. The predicted molar refractivity (Wildman–Crippen MR) is 118 cm³/mol. The van der Waals surface area contributed by atoms with Crippen LogP contribution in [0, 0.1) is 23.2 Å². The molecule has 0 aliphatic heterocycles. The van der Waals surface area contributed by atoms with Crippen LogP contribution in [-0.4, -0.2) is 43.9 Å². The van der Waals surface area contributed by atoms with Gasteiger partial charge < -0.3 is 20.7 Å². The number of esters is 1. The summed E-state index contributed by atoms with van der Waals surface area (Å²) in [6, 6.07) is 6.30. The van der Waals surface area contributed by atoms with Gasteiger partial charge in [-0.15, -0.1) is 0 Å². The molecule has 3 amide bonds. The molecule has 1 aromatic rings. The number of nitrogens with one attached hydrogen (secondary N) is 3. The van der Waals surface area contributed by atoms with E-state index in [0.29, 0.717) is 17.7 Å². The van der Waals surface area contributed by atoms with Gasteiger partial charge in [0.05, 0.1) is 13.7 Å². The topological polar surface area (TPSA) is 114 Å². The summed E-state index contributed by atoms with van der Waals surface area (Å²) in [4.78, 5) is 47.9. The molecule has 32 heavy (non-hydrogen) atoms. The molecule has 0 saturated heterocycles. The largest absolute Gasteiger partial charge is 0.468 e. The van der Waals surface area contributed by atoms with Gasteiger partial charge in [-0.3, -0.25) is 19.2 Å². The number of benzene rings is 1. The van der Waals surface area contributed by atoms with E-state index in [2.05, 4.69) is 20.7 Å². The second-order valence-corrected chi connectivity index (χ2v) is 9.76. The maximum atomic E-state index is 12.6. The van der Waals surface area contributed by atoms with Gasteiger partial charge in [-0.25, -0.2) is 0 Å². The van der Waals surface area contributed by atoms with Gasteiger partial charge in [-0.2, -0.15) is 0 Å². The molecule has 1 aromatic carbocycles.